The standard InChI is InChI=1S/C16H23NO3S/c1-12-6-4-5-7-14(12)21-10-15(19)17-8-13(9-18)20-16(2,3)11-17/h4-7,13,18H,8-11H2,1-3H3. The number of rotatable bonds is 4. The molecule has 1 fully saturated rings. The fourth-order valence-electron chi connectivity index (χ4n) is 2.53. The normalized spacial score (nSPS) is 21.3. The molecular weight excluding hydrogens is 286 g/mol. The molecule has 1 unspecified atom stereocenters. The molecular formula is C16H23NO3S. The Balaban J connectivity index is 1.95. The highest BCUT2D eigenvalue weighted by molar-refractivity contribution is 8.00. The summed E-state index contributed by atoms with van der Waals surface area (Å²) in [5.41, 5.74) is 0.778. The fraction of sp³-hybridized carbons (Fsp3) is 0.562. The minimum Gasteiger partial charge on any atom is -0.394 e. The molecule has 1 aliphatic heterocycles. The van der Waals surface area contributed by atoms with Gasteiger partial charge in [0.25, 0.3) is 0 Å². The van der Waals surface area contributed by atoms with Crippen LogP contribution in [0.2, 0.25) is 0 Å². The molecule has 0 spiro atoms. The third kappa shape index (κ3) is 4.46. The molecule has 5 heteroatoms. The lowest BCUT2D eigenvalue weighted by Gasteiger charge is -2.42. The van der Waals surface area contributed by atoms with E-state index in [9.17, 15) is 9.90 Å². The summed E-state index contributed by atoms with van der Waals surface area (Å²) in [6.45, 7) is 6.92. The van der Waals surface area contributed by atoms with Crippen molar-refractivity contribution >= 4 is 17.7 Å². The van der Waals surface area contributed by atoms with Gasteiger partial charge < -0.3 is 14.7 Å². The minimum atomic E-state index is -0.408. The summed E-state index contributed by atoms with van der Waals surface area (Å²) in [7, 11) is 0. The molecule has 0 bridgehead atoms. The van der Waals surface area contributed by atoms with Crippen LogP contribution in [0.1, 0.15) is 19.4 Å². The quantitative estimate of drug-likeness (QED) is 0.865. The van der Waals surface area contributed by atoms with Gasteiger partial charge in [-0.05, 0) is 32.4 Å². The van der Waals surface area contributed by atoms with E-state index in [2.05, 4.69) is 0 Å². The highest BCUT2D eigenvalue weighted by atomic mass is 32.2. The second kappa shape index (κ2) is 6.81. The van der Waals surface area contributed by atoms with Gasteiger partial charge in [0.05, 0.1) is 24.1 Å². The Morgan fingerprint density at radius 2 is 2.19 bits per heavy atom. The van der Waals surface area contributed by atoms with Crippen molar-refractivity contribution in [3.63, 3.8) is 0 Å². The topological polar surface area (TPSA) is 49.8 Å². The maximum atomic E-state index is 12.4. The van der Waals surface area contributed by atoms with E-state index >= 15 is 0 Å². The van der Waals surface area contributed by atoms with Crippen LogP contribution in [0, 0.1) is 6.92 Å². The molecule has 1 N–H and O–H groups in total. The lowest BCUT2D eigenvalue weighted by atomic mass is 10.1. The van der Waals surface area contributed by atoms with Crippen LogP contribution in [0.4, 0.5) is 0 Å². The maximum Gasteiger partial charge on any atom is 0.233 e. The van der Waals surface area contributed by atoms with Gasteiger partial charge in [-0.3, -0.25) is 4.79 Å². The number of hydrogen-bond donors (Lipinski definition) is 1. The number of hydrogen-bond acceptors (Lipinski definition) is 4. The summed E-state index contributed by atoms with van der Waals surface area (Å²) in [6, 6.07) is 8.07. The number of aliphatic hydroxyl groups excluding tert-OH is 1. The fourth-order valence-corrected chi connectivity index (χ4v) is 3.46. The Hall–Kier alpha value is -1.04. The summed E-state index contributed by atoms with van der Waals surface area (Å²) in [5, 5.41) is 9.30. The van der Waals surface area contributed by atoms with Gasteiger partial charge in [0, 0.05) is 18.0 Å². The number of aliphatic hydroxyl groups is 1. The van der Waals surface area contributed by atoms with E-state index in [1.165, 1.54) is 5.56 Å². The molecule has 2 rings (SSSR count). The van der Waals surface area contributed by atoms with Crippen LogP contribution in [0.15, 0.2) is 29.2 Å². The van der Waals surface area contributed by atoms with E-state index in [0.717, 1.165) is 4.90 Å². The molecule has 4 nitrogen and oxygen atoms in total. The molecule has 0 aliphatic carbocycles. The van der Waals surface area contributed by atoms with E-state index in [-0.39, 0.29) is 18.6 Å². The van der Waals surface area contributed by atoms with Crippen molar-refractivity contribution in [2.75, 3.05) is 25.4 Å². The van der Waals surface area contributed by atoms with Gasteiger partial charge >= 0.3 is 0 Å². The third-order valence-electron chi connectivity index (χ3n) is 3.48. The number of aryl methyl sites for hydroxylation is 1. The van der Waals surface area contributed by atoms with Gasteiger partial charge in [0.2, 0.25) is 5.91 Å². The second-order valence-corrected chi connectivity index (χ2v) is 7.03. The molecule has 1 aromatic carbocycles. The van der Waals surface area contributed by atoms with E-state index in [4.69, 9.17) is 4.74 Å². The number of carbonyl (C=O) groups is 1. The minimum absolute atomic E-state index is 0.0574. The highest BCUT2D eigenvalue weighted by Gasteiger charge is 2.35. The van der Waals surface area contributed by atoms with Crippen molar-refractivity contribution in [3.05, 3.63) is 29.8 Å². The zero-order valence-electron chi connectivity index (χ0n) is 12.8. The van der Waals surface area contributed by atoms with Crippen molar-refractivity contribution < 1.29 is 14.6 Å². The first-order chi connectivity index (χ1) is 9.91. The molecule has 1 aliphatic rings. The van der Waals surface area contributed by atoms with Gasteiger partial charge in [0.15, 0.2) is 0 Å². The Labute approximate surface area is 130 Å². The zero-order chi connectivity index (χ0) is 15.5. The molecule has 1 aromatic rings. The van der Waals surface area contributed by atoms with E-state index in [0.29, 0.717) is 18.8 Å². The van der Waals surface area contributed by atoms with Crippen molar-refractivity contribution in [3.8, 4) is 0 Å². The Bertz CT molecular complexity index is 504. The maximum absolute atomic E-state index is 12.4. The highest BCUT2D eigenvalue weighted by Crippen LogP contribution is 2.25. The smallest absolute Gasteiger partial charge is 0.233 e. The predicted octanol–water partition coefficient (Wildman–Crippen LogP) is 2.09. The van der Waals surface area contributed by atoms with Crippen LogP contribution in [-0.4, -0.2) is 53.1 Å². The van der Waals surface area contributed by atoms with Crippen molar-refractivity contribution in [2.24, 2.45) is 0 Å². The van der Waals surface area contributed by atoms with Gasteiger partial charge in [-0.1, -0.05) is 18.2 Å². The Morgan fingerprint density at radius 1 is 1.48 bits per heavy atom. The van der Waals surface area contributed by atoms with Crippen molar-refractivity contribution in [1.82, 2.24) is 4.90 Å². The molecule has 1 atom stereocenters. The lowest BCUT2D eigenvalue weighted by molar-refractivity contribution is -0.165. The summed E-state index contributed by atoms with van der Waals surface area (Å²) >= 11 is 1.56. The van der Waals surface area contributed by atoms with Crippen LogP contribution < -0.4 is 0 Å². The van der Waals surface area contributed by atoms with Crippen LogP contribution in [-0.2, 0) is 9.53 Å². The SMILES string of the molecule is Cc1ccccc1SCC(=O)N1CC(CO)OC(C)(C)C1. The molecule has 0 aromatic heterocycles. The van der Waals surface area contributed by atoms with Crippen molar-refractivity contribution in [1.29, 1.82) is 0 Å². The number of benzene rings is 1. The monoisotopic (exact) mass is 309 g/mol. The van der Waals surface area contributed by atoms with E-state index in [1.54, 1.807) is 16.7 Å². The van der Waals surface area contributed by atoms with Crippen molar-refractivity contribution in [2.45, 2.75) is 37.4 Å². The zero-order valence-corrected chi connectivity index (χ0v) is 13.7. The molecule has 0 radical (unpaired) electrons. The molecule has 21 heavy (non-hydrogen) atoms. The first kappa shape index (κ1) is 16.3. The second-order valence-electron chi connectivity index (χ2n) is 6.01. The van der Waals surface area contributed by atoms with Crippen LogP contribution >= 0.6 is 11.8 Å². The Morgan fingerprint density at radius 3 is 2.86 bits per heavy atom. The van der Waals surface area contributed by atoms with Gasteiger partial charge in [-0.25, -0.2) is 0 Å². The van der Waals surface area contributed by atoms with Crippen LogP contribution in [0.3, 0.4) is 0 Å². The first-order valence-electron chi connectivity index (χ1n) is 7.16. The Kier molecular flexibility index (Phi) is 5.30. The van der Waals surface area contributed by atoms with Gasteiger partial charge in [-0.15, -0.1) is 11.8 Å². The molecule has 116 valence electrons. The first-order valence-corrected chi connectivity index (χ1v) is 8.15. The van der Waals surface area contributed by atoms with Gasteiger partial charge in [-0.2, -0.15) is 0 Å². The molecule has 1 amide bonds. The summed E-state index contributed by atoms with van der Waals surface area (Å²) in [5.74, 6) is 0.511. The molecule has 1 saturated heterocycles. The number of ether oxygens (including phenoxy) is 1. The van der Waals surface area contributed by atoms with E-state index < -0.39 is 5.60 Å². The number of nitrogens with zero attached hydrogens (tertiary/aromatic N) is 1. The largest absolute Gasteiger partial charge is 0.394 e. The van der Waals surface area contributed by atoms with Gasteiger partial charge in [0.1, 0.15) is 0 Å². The summed E-state index contributed by atoms with van der Waals surface area (Å²) in [6.07, 6.45) is -0.291. The number of amides is 1. The summed E-state index contributed by atoms with van der Waals surface area (Å²) in [4.78, 5) is 15.3. The number of carbonyl (C=O) groups excluding carboxylic acids is 1. The summed E-state index contributed by atoms with van der Waals surface area (Å²) < 4.78 is 5.73. The van der Waals surface area contributed by atoms with Crippen LogP contribution in [0.25, 0.3) is 0 Å². The predicted molar refractivity (Wildman–Crippen MR) is 84.5 cm³/mol. The molecule has 0 saturated carbocycles. The van der Waals surface area contributed by atoms with Crippen LogP contribution in [0.5, 0.6) is 0 Å². The number of morpholine rings is 1. The lowest BCUT2D eigenvalue weighted by Crippen LogP contribution is -2.56. The number of thioether (sulfide) groups is 1. The average molecular weight is 309 g/mol. The van der Waals surface area contributed by atoms with E-state index in [1.807, 2.05) is 45.0 Å². The third-order valence-corrected chi connectivity index (χ3v) is 4.64. The molecule has 1 heterocycles. The average Bonchev–Trinajstić information content (AvgIpc) is 2.44.